The first-order valence-corrected chi connectivity index (χ1v) is 8.06. The first-order valence-electron chi connectivity index (χ1n) is 6.45. The van der Waals surface area contributed by atoms with Gasteiger partial charge in [0.15, 0.2) is 0 Å². The molecule has 0 unspecified atom stereocenters. The lowest BCUT2D eigenvalue weighted by atomic mass is 9.91. The van der Waals surface area contributed by atoms with Crippen LogP contribution in [-0.4, -0.2) is 31.6 Å². The van der Waals surface area contributed by atoms with E-state index in [0.717, 1.165) is 25.7 Å². The van der Waals surface area contributed by atoms with E-state index in [1.807, 2.05) is 13.0 Å². The first kappa shape index (κ1) is 14.5. The van der Waals surface area contributed by atoms with Crippen LogP contribution in [0.15, 0.2) is 0 Å². The Bertz CT molecular complexity index is 353. The highest BCUT2D eigenvalue weighted by molar-refractivity contribution is 7.89. The van der Waals surface area contributed by atoms with Gasteiger partial charge in [0.05, 0.1) is 11.8 Å². The predicted molar refractivity (Wildman–Crippen MR) is 67.8 cm³/mol. The molecular formula is C12H22N2O2S. The van der Waals surface area contributed by atoms with Crippen molar-refractivity contribution in [3.05, 3.63) is 0 Å². The number of nitriles is 1. The lowest BCUT2D eigenvalue weighted by Gasteiger charge is -2.25. The van der Waals surface area contributed by atoms with Crippen molar-refractivity contribution < 1.29 is 8.42 Å². The third-order valence-corrected chi connectivity index (χ3v) is 5.51. The Labute approximate surface area is 105 Å². The molecule has 0 radical (unpaired) electrons. The number of sulfonamides is 1. The fourth-order valence-corrected chi connectivity index (χ4v) is 4.33. The number of rotatable bonds is 6. The largest absolute Gasteiger partial charge is 0.214 e. The number of hydrogen-bond donors (Lipinski definition) is 0. The van der Waals surface area contributed by atoms with E-state index in [1.165, 1.54) is 10.7 Å². The Kier molecular flexibility index (Phi) is 5.93. The summed E-state index contributed by atoms with van der Waals surface area (Å²) in [5, 5.41) is 8.53. The maximum atomic E-state index is 12.2. The molecule has 1 aliphatic rings. The third-order valence-electron chi connectivity index (χ3n) is 3.39. The zero-order valence-corrected chi connectivity index (χ0v) is 11.4. The van der Waals surface area contributed by atoms with Gasteiger partial charge >= 0.3 is 0 Å². The van der Waals surface area contributed by atoms with E-state index in [-0.39, 0.29) is 12.2 Å². The summed E-state index contributed by atoms with van der Waals surface area (Å²) >= 11 is 0. The van der Waals surface area contributed by atoms with Gasteiger partial charge in [-0.2, -0.15) is 5.26 Å². The van der Waals surface area contributed by atoms with Crippen molar-refractivity contribution in [2.24, 2.45) is 5.92 Å². The highest BCUT2D eigenvalue weighted by Crippen LogP contribution is 2.25. The molecule has 0 aromatic rings. The van der Waals surface area contributed by atoms with Crippen molar-refractivity contribution >= 4 is 10.0 Å². The van der Waals surface area contributed by atoms with Gasteiger partial charge in [-0.3, -0.25) is 0 Å². The highest BCUT2D eigenvalue weighted by atomic mass is 32.2. The molecule has 1 saturated carbocycles. The summed E-state index contributed by atoms with van der Waals surface area (Å²) in [7, 11) is -3.16. The molecule has 0 atom stereocenters. The van der Waals surface area contributed by atoms with Crippen molar-refractivity contribution in [2.45, 2.75) is 45.4 Å². The van der Waals surface area contributed by atoms with Crippen molar-refractivity contribution in [3.63, 3.8) is 0 Å². The van der Waals surface area contributed by atoms with Crippen LogP contribution in [0.25, 0.3) is 0 Å². The highest BCUT2D eigenvalue weighted by Gasteiger charge is 2.25. The first-order chi connectivity index (χ1) is 8.10. The summed E-state index contributed by atoms with van der Waals surface area (Å²) in [6.07, 6.45) is 5.90. The molecule has 1 rings (SSSR count). The minimum absolute atomic E-state index is 0.270. The summed E-state index contributed by atoms with van der Waals surface area (Å²) < 4.78 is 25.8. The number of nitrogens with zero attached hydrogens (tertiary/aromatic N) is 2. The van der Waals surface area contributed by atoms with Crippen LogP contribution in [0.4, 0.5) is 0 Å². The van der Waals surface area contributed by atoms with Crippen molar-refractivity contribution in [3.8, 4) is 6.07 Å². The topological polar surface area (TPSA) is 61.2 Å². The molecule has 98 valence electrons. The summed E-state index contributed by atoms with van der Waals surface area (Å²) in [4.78, 5) is 0. The average molecular weight is 258 g/mol. The Morgan fingerprint density at radius 2 is 1.94 bits per heavy atom. The van der Waals surface area contributed by atoms with Gasteiger partial charge in [0.2, 0.25) is 10.0 Å². The smallest absolute Gasteiger partial charge is 0.212 e. The molecule has 5 heteroatoms. The molecular weight excluding hydrogens is 236 g/mol. The van der Waals surface area contributed by atoms with E-state index >= 15 is 0 Å². The zero-order valence-electron chi connectivity index (χ0n) is 10.6. The molecule has 17 heavy (non-hydrogen) atoms. The number of hydrogen-bond acceptors (Lipinski definition) is 3. The molecule has 0 heterocycles. The van der Waals surface area contributed by atoms with E-state index in [2.05, 4.69) is 0 Å². The van der Waals surface area contributed by atoms with Gasteiger partial charge in [0.25, 0.3) is 0 Å². The van der Waals surface area contributed by atoms with Gasteiger partial charge in [-0.25, -0.2) is 12.7 Å². The second kappa shape index (κ2) is 6.97. The molecule has 0 amide bonds. The zero-order chi connectivity index (χ0) is 12.7. The normalized spacial score (nSPS) is 18.2. The summed E-state index contributed by atoms with van der Waals surface area (Å²) in [5.41, 5.74) is 0. The molecule has 0 saturated heterocycles. The van der Waals surface area contributed by atoms with Gasteiger partial charge in [-0.15, -0.1) is 0 Å². The molecule has 0 aliphatic heterocycles. The van der Waals surface area contributed by atoms with Gasteiger partial charge in [-0.1, -0.05) is 26.2 Å². The van der Waals surface area contributed by atoms with Crippen LogP contribution >= 0.6 is 0 Å². The van der Waals surface area contributed by atoms with Gasteiger partial charge in [0, 0.05) is 19.5 Å². The Hall–Kier alpha value is -0.600. The fraction of sp³-hybridized carbons (Fsp3) is 0.917. The Morgan fingerprint density at radius 1 is 1.29 bits per heavy atom. The van der Waals surface area contributed by atoms with Crippen LogP contribution in [0, 0.1) is 17.2 Å². The lowest BCUT2D eigenvalue weighted by Crippen LogP contribution is -2.36. The van der Waals surface area contributed by atoms with Crippen LogP contribution in [0.2, 0.25) is 0 Å². The van der Waals surface area contributed by atoms with Crippen LogP contribution in [0.5, 0.6) is 0 Å². The minimum atomic E-state index is -3.16. The van der Waals surface area contributed by atoms with E-state index in [4.69, 9.17) is 5.26 Å². The minimum Gasteiger partial charge on any atom is -0.212 e. The third kappa shape index (κ3) is 4.64. The summed E-state index contributed by atoms with van der Waals surface area (Å²) in [5.74, 6) is 0.594. The quantitative estimate of drug-likeness (QED) is 0.733. The molecule has 0 aromatic carbocycles. The van der Waals surface area contributed by atoms with Crippen LogP contribution in [0.3, 0.4) is 0 Å². The predicted octanol–water partition coefficient (Wildman–Crippen LogP) is 2.13. The molecule has 0 N–H and O–H groups in total. The maximum absolute atomic E-state index is 12.2. The van der Waals surface area contributed by atoms with Crippen molar-refractivity contribution in [2.75, 3.05) is 18.8 Å². The second-order valence-corrected chi connectivity index (χ2v) is 6.70. The van der Waals surface area contributed by atoms with E-state index in [0.29, 0.717) is 19.0 Å². The van der Waals surface area contributed by atoms with Crippen LogP contribution < -0.4 is 0 Å². The molecule has 0 aromatic heterocycles. The molecule has 0 bridgehead atoms. The second-order valence-electron chi connectivity index (χ2n) is 4.68. The van der Waals surface area contributed by atoms with Crippen molar-refractivity contribution in [1.82, 2.24) is 4.31 Å². The van der Waals surface area contributed by atoms with E-state index in [9.17, 15) is 8.42 Å². The van der Waals surface area contributed by atoms with E-state index < -0.39 is 10.0 Å². The fourth-order valence-electron chi connectivity index (χ4n) is 2.43. The monoisotopic (exact) mass is 258 g/mol. The van der Waals surface area contributed by atoms with E-state index in [1.54, 1.807) is 0 Å². The maximum Gasteiger partial charge on any atom is 0.214 e. The molecule has 0 spiro atoms. The molecule has 4 nitrogen and oxygen atoms in total. The summed E-state index contributed by atoms with van der Waals surface area (Å²) in [6, 6.07) is 2.00. The standard InChI is InChI=1S/C12H22N2O2S/c1-2-14(10-6-9-13)17(15,16)11-12-7-4-3-5-8-12/h12H,2-8,10-11H2,1H3. The average Bonchev–Trinajstić information content (AvgIpc) is 2.30. The van der Waals surface area contributed by atoms with Crippen molar-refractivity contribution in [1.29, 1.82) is 5.26 Å². The summed E-state index contributed by atoms with van der Waals surface area (Å²) in [6.45, 7) is 2.63. The Morgan fingerprint density at radius 3 is 2.47 bits per heavy atom. The van der Waals surface area contributed by atoms with Crippen LogP contribution in [0.1, 0.15) is 45.4 Å². The Balaban J connectivity index is 2.55. The molecule has 1 fully saturated rings. The lowest BCUT2D eigenvalue weighted by molar-refractivity contribution is 0.370. The van der Waals surface area contributed by atoms with Crippen LogP contribution in [-0.2, 0) is 10.0 Å². The SMILES string of the molecule is CCN(CCC#N)S(=O)(=O)CC1CCCCC1. The van der Waals surface area contributed by atoms with Gasteiger partial charge in [0.1, 0.15) is 0 Å². The van der Waals surface area contributed by atoms with Gasteiger partial charge in [-0.05, 0) is 18.8 Å². The van der Waals surface area contributed by atoms with Gasteiger partial charge < -0.3 is 0 Å². The molecule has 1 aliphatic carbocycles.